The van der Waals surface area contributed by atoms with Gasteiger partial charge >= 0.3 is 6.03 Å². The summed E-state index contributed by atoms with van der Waals surface area (Å²) >= 11 is 0. The molecule has 0 spiro atoms. The Bertz CT molecular complexity index is 1030. The average molecular weight is 541 g/mol. The molecular weight excluding hydrogens is 508 g/mol. The van der Waals surface area contributed by atoms with Crippen molar-refractivity contribution in [3.8, 4) is 0 Å². The third-order valence-electron chi connectivity index (χ3n) is 5.37. The van der Waals surface area contributed by atoms with Crippen LogP contribution in [0.2, 0.25) is 0 Å². The van der Waals surface area contributed by atoms with E-state index < -0.39 is 90.8 Å². The molecule has 6 atom stereocenters. The zero-order valence-electron chi connectivity index (χ0n) is 20.3. The number of aliphatic hydroxyl groups is 1. The lowest BCUT2D eigenvalue weighted by atomic mass is 10.0. The number of amides is 7. The largest absolute Gasteiger partial charge is 0.372 e. The van der Waals surface area contributed by atoms with E-state index in [1.807, 2.05) is 5.32 Å². The van der Waals surface area contributed by atoms with Gasteiger partial charge in [-0.3, -0.25) is 24.0 Å². The van der Waals surface area contributed by atoms with E-state index in [9.17, 15) is 33.9 Å². The van der Waals surface area contributed by atoms with Gasteiger partial charge in [0.15, 0.2) is 12.2 Å². The first kappa shape index (κ1) is 29.7. The lowest BCUT2D eigenvalue weighted by molar-refractivity contribution is -0.132. The molecule has 2 heterocycles. The minimum atomic E-state index is -1.47. The number of aliphatic hydroxyl groups excluding tert-OH is 1. The number of hydrogen-bond acceptors (Lipinski definition) is 12. The molecule has 1 saturated heterocycles. The Labute approximate surface area is 215 Å². The van der Waals surface area contributed by atoms with E-state index in [0.717, 1.165) is 6.20 Å². The number of nitrogens with zero attached hydrogens (tertiary/aromatic N) is 1. The normalized spacial score (nSPS) is 31.0. The van der Waals surface area contributed by atoms with Crippen LogP contribution in [0.3, 0.4) is 0 Å². The highest BCUT2D eigenvalue weighted by atomic mass is 16.3. The molecule has 0 saturated carbocycles. The molecular formula is C19H32N12O7. The third kappa shape index (κ3) is 8.28. The van der Waals surface area contributed by atoms with Crippen LogP contribution in [-0.2, 0) is 24.0 Å². The van der Waals surface area contributed by atoms with Crippen LogP contribution >= 0.6 is 0 Å². The van der Waals surface area contributed by atoms with Crippen LogP contribution in [0.4, 0.5) is 4.79 Å². The van der Waals surface area contributed by atoms with E-state index in [0.29, 0.717) is 0 Å². The SMILES string of the molecule is C[C@@H]1NC(=O)[C@@H](N)CNC(=O)[C@H](C2C[C@@H](O)N=C(N)N2)NC(=O)/C(=C/NC(N)=O)NC(=O)[C@H](CN)NC1=O. The molecule has 19 nitrogen and oxygen atoms in total. The first-order chi connectivity index (χ1) is 17.8. The van der Waals surface area contributed by atoms with Crippen molar-refractivity contribution in [3.05, 3.63) is 11.9 Å². The van der Waals surface area contributed by atoms with Gasteiger partial charge in [0.1, 0.15) is 29.9 Å². The molecule has 16 N–H and O–H groups in total. The Balaban J connectivity index is 2.46. The number of carbonyl (C=O) groups excluding carboxylic acids is 6. The molecule has 1 unspecified atom stereocenters. The second kappa shape index (κ2) is 13.2. The molecule has 1 fully saturated rings. The number of rotatable bonds is 3. The summed E-state index contributed by atoms with van der Waals surface area (Å²) in [6.45, 7) is 0.506. The molecule has 0 aromatic heterocycles. The fraction of sp³-hybridized carbons (Fsp3) is 0.526. The number of carbonyl (C=O) groups is 6. The lowest BCUT2D eigenvalue weighted by Gasteiger charge is -2.32. The Morgan fingerprint density at radius 3 is 2.37 bits per heavy atom. The molecule has 0 bridgehead atoms. The summed E-state index contributed by atoms with van der Waals surface area (Å²) in [4.78, 5) is 78.8. The molecule has 19 heteroatoms. The van der Waals surface area contributed by atoms with E-state index in [-0.39, 0.29) is 12.4 Å². The van der Waals surface area contributed by atoms with Crippen LogP contribution in [0.25, 0.3) is 0 Å². The number of aliphatic imine (C=N–C) groups is 1. The third-order valence-corrected chi connectivity index (χ3v) is 5.37. The van der Waals surface area contributed by atoms with Gasteiger partial charge in [0.25, 0.3) is 5.91 Å². The van der Waals surface area contributed by atoms with E-state index >= 15 is 0 Å². The maximum absolute atomic E-state index is 13.1. The number of primary amides is 1. The first-order valence-corrected chi connectivity index (χ1v) is 11.3. The van der Waals surface area contributed by atoms with Gasteiger partial charge in [-0.05, 0) is 6.92 Å². The monoisotopic (exact) mass is 540 g/mol. The van der Waals surface area contributed by atoms with Gasteiger partial charge in [0.2, 0.25) is 23.6 Å². The Kier molecular flexibility index (Phi) is 10.3. The number of nitrogens with one attached hydrogen (secondary N) is 7. The molecule has 210 valence electrons. The van der Waals surface area contributed by atoms with E-state index in [1.165, 1.54) is 6.92 Å². The average Bonchev–Trinajstić information content (AvgIpc) is 2.84. The molecule has 38 heavy (non-hydrogen) atoms. The Morgan fingerprint density at radius 1 is 1.08 bits per heavy atom. The van der Waals surface area contributed by atoms with Gasteiger partial charge in [0.05, 0.1) is 6.04 Å². The second-order valence-corrected chi connectivity index (χ2v) is 8.37. The van der Waals surface area contributed by atoms with Crippen molar-refractivity contribution in [1.82, 2.24) is 37.2 Å². The maximum atomic E-state index is 13.1. The predicted octanol–water partition coefficient (Wildman–Crippen LogP) is -7.50. The van der Waals surface area contributed by atoms with Gasteiger partial charge in [0, 0.05) is 25.7 Å². The van der Waals surface area contributed by atoms with Gasteiger partial charge < -0.3 is 65.3 Å². The van der Waals surface area contributed by atoms with Crippen LogP contribution in [-0.4, -0.2) is 96.2 Å². The summed E-state index contributed by atoms with van der Waals surface area (Å²) in [7, 11) is 0. The van der Waals surface area contributed by atoms with Crippen molar-refractivity contribution < 1.29 is 33.9 Å². The van der Waals surface area contributed by atoms with Crippen molar-refractivity contribution in [3.63, 3.8) is 0 Å². The summed E-state index contributed by atoms with van der Waals surface area (Å²) in [5, 5.41) is 26.3. The summed E-state index contributed by atoms with van der Waals surface area (Å²) in [6, 6.07) is -7.39. The molecule has 0 aromatic carbocycles. The van der Waals surface area contributed by atoms with E-state index in [1.54, 1.807) is 0 Å². The minimum absolute atomic E-state index is 0.171. The summed E-state index contributed by atoms with van der Waals surface area (Å²) in [5.74, 6) is -4.71. The van der Waals surface area contributed by atoms with Crippen LogP contribution in [0.1, 0.15) is 13.3 Å². The van der Waals surface area contributed by atoms with Crippen molar-refractivity contribution >= 4 is 41.5 Å². The predicted molar refractivity (Wildman–Crippen MR) is 130 cm³/mol. The molecule has 7 amide bonds. The van der Waals surface area contributed by atoms with Crippen molar-refractivity contribution in [2.45, 2.75) is 49.8 Å². The number of urea groups is 1. The van der Waals surface area contributed by atoms with E-state index in [4.69, 9.17) is 22.9 Å². The smallest absolute Gasteiger partial charge is 0.316 e. The molecule has 2 rings (SSSR count). The fourth-order valence-corrected chi connectivity index (χ4v) is 3.36. The van der Waals surface area contributed by atoms with Gasteiger partial charge in [-0.25, -0.2) is 9.79 Å². The fourth-order valence-electron chi connectivity index (χ4n) is 3.36. The highest BCUT2D eigenvalue weighted by Gasteiger charge is 2.36. The van der Waals surface area contributed by atoms with Crippen molar-refractivity contribution in [2.24, 2.45) is 27.9 Å². The highest BCUT2D eigenvalue weighted by Crippen LogP contribution is 2.10. The zero-order chi connectivity index (χ0) is 28.6. The quantitative estimate of drug-likeness (QED) is 0.149. The van der Waals surface area contributed by atoms with Crippen LogP contribution in [0.15, 0.2) is 16.9 Å². The van der Waals surface area contributed by atoms with Crippen molar-refractivity contribution in [2.75, 3.05) is 13.1 Å². The Morgan fingerprint density at radius 2 is 1.76 bits per heavy atom. The van der Waals surface area contributed by atoms with Gasteiger partial charge in [-0.2, -0.15) is 0 Å². The summed E-state index contributed by atoms with van der Waals surface area (Å²) in [6.07, 6.45) is -0.711. The molecule has 0 aromatic rings. The van der Waals surface area contributed by atoms with Crippen LogP contribution in [0.5, 0.6) is 0 Å². The highest BCUT2D eigenvalue weighted by molar-refractivity contribution is 6.02. The van der Waals surface area contributed by atoms with Crippen molar-refractivity contribution in [1.29, 1.82) is 0 Å². The molecule has 2 aliphatic rings. The van der Waals surface area contributed by atoms with Gasteiger partial charge in [-0.1, -0.05) is 0 Å². The lowest BCUT2D eigenvalue weighted by Crippen LogP contribution is -2.64. The minimum Gasteiger partial charge on any atom is -0.372 e. The molecule has 0 radical (unpaired) electrons. The number of hydrogen-bond donors (Lipinski definition) is 12. The zero-order valence-corrected chi connectivity index (χ0v) is 20.3. The Hall–Kier alpha value is -4.49. The topological polar surface area (TPSA) is 323 Å². The van der Waals surface area contributed by atoms with Crippen LogP contribution in [0, 0.1) is 0 Å². The molecule has 0 aliphatic carbocycles. The summed E-state index contributed by atoms with van der Waals surface area (Å²) in [5.41, 5.74) is 21.5. The number of guanidine groups is 1. The molecule has 2 aliphatic heterocycles. The first-order valence-electron chi connectivity index (χ1n) is 11.3. The maximum Gasteiger partial charge on any atom is 0.316 e. The van der Waals surface area contributed by atoms with Gasteiger partial charge in [-0.15, -0.1) is 0 Å². The van der Waals surface area contributed by atoms with Crippen LogP contribution < -0.4 is 60.2 Å². The second-order valence-electron chi connectivity index (χ2n) is 8.37. The summed E-state index contributed by atoms with van der Waals surface area (Å²) < 4.78 is 0. The number of nitrogens with two attached hydrogens (primary N) is 4. The standard InChI is InChI=1S/C19H32N12O7/c1-6-13(33)27-9(3-20)15(35)28-10(5-25-19(23)38)16(36)31-12(8-2-11(32)30-18(22)29-8)17(37)24-4-7(21)14(34)26-6/h5-9,11-12,32H,2-4,20-21H2,1H3,(H,24,37)(H,26,34)(H,27,33)(H,28,35)(H,31,36)(H3,22,29,30)(H3,23,25,38)/b10-5-/t6-,7-,8?,9-,11+,12-/m0/s1. The van der Waals surface area contributed by atoms with E-state index in [2.05, 4.69) is 36.9 Å².